The van der Waals surface area contributed by atoms with Gasteiger partial charge in [0.1, 0.15) is 71.1 Å². The van der Waals surface area contributed by atoms with Crippen molar-refractivity contribution in [2.45, 2.75) is 161 Å². The maximum atomic E-state index is 7.11. The van der Waals surface area contributed by atoms with Crippen LogP contribution in [0.3, 0.4) is 0 Å². The average molecular weight is 1150 g/mol. The van der Waals surface area contributed by atoms with E-state index in [2.05, 4.69) is 288 Å². The van der Waals surface area contributed by atoms with Crippen LogP contribution in [0, 0.1) is 83.1 Å². The van der Waals surface area contributed by atoms with Crippen molar-refractivity contribution in [1.82, 2.24) is 0 Å². The summed E-state index contributed by atoms with van der Waals surface area (Å²) in [6.07, 6.45) is -2.00. The van der Waals surface area contributed by atoms with Gasteiger partial charge in [0.05, 0.1) is 0 Å². The SMILES string of the molecule is Cc1cccc(C)c1O[C@@H](C)c1cc([C@H](C)Oc2c(C)cccc2C)cc(P(c2cc([C@H](C)Oc3c(C)cccc3C)cc([C@H](C)Oc3c(C)cccc3C)c2)c2cc([C@H](C)Oc3c(C)cccc3C)cc([C@H](C)Oc3c(C)cccc3C)c2)c1. The number of rotatable bonds is 21. The Labute approximate surface area is 509 Å². The fourth-order valence-electron chi connectivity index (χ4n) is 11.6. The molecule has 0 aliphatic heterocycles. The molecule has 0 aliphatic carbocycles. The number of hydrogen-bond donors (Lipinski definition) is 0. The third-order valence-electron chi connectivity index (χ3n) is 16.7. The van der Waals surface area contributed by atoms with Gasteiger partial charge in [-0.25, -0.2) is 0 Å². The Morgan fingerprint density at radius 3 is 0.471 bits per heavy atom. The van der Waals surface area contributed by atoms with Crippen LogP contribution in [0.4, 0.5) is 0 Å². The minimum atomic E-state index is -1.46. The Balaban J connectivity index is 1.34. The first-order valence-corrected chi connectivity index (χ1v) is 31.5. The van der Waals surface area contributed by atoms with E-state index >= 15 is 0 Å². The lowest BCUT2D eigenvalue weighted by molar-refractivity contribution is 0.217. The van der Waals surface area contributed by atoms with E-state index in [-0.39, 0.29) is 36.6 Å². The summed E-state index contributed by atoms with van der Waals surface area (Å²) in [7, 11) is -1.46. The zero-order valence-electron chi connectivity index (χ0n) is 53.4. The molecule has 0 radical (unpaired) electrons. The van der Waals surface area contributed by atoms with E-state index in [1.54, 1.807) is 0 Å². The summed E-state index contributed by atoms with van der Waals surface area (Å²) in [5, 5.41) is 3.42. The molecule has 0 saturated heterocycles. The van der Waals surface area contributed by atoms with Gasteiger partial charge in [-0.1, -0.05) is 109 Å². The van der Waals surface area contributed by atoms with Crippen LogP contribution in [0.25, 0.3) is 0 Å². The highest BCUT2D eigenvalue weighted by Gasteiger charge is 2.29. The molecule has 0 aliphatic rings. The highest BCUT2D eigenvalue weighted by molar-refractivity contribution is 7.79. The Morgan fingerprint density at radius 2 is 0.341 bits per heavy atom. The summed E-state index contributed by atoms with van der Waals surface area (Å²) in [4.78, 5) is 0. The summed E-state index contributed by atoms with van der Waals surface area (Å²) >= 11 is 0. The van der Waals surface area contributed by atoms with Crippen molar-refractivity contribution in [3.05, 3.63) is 264 Å². The molecule has 6 atom stereocenters. The quantitative estimate of drug-likeness (QED) is 0.0668. The van der Waals surface area contributed by atoms with Crippen molar-refractivity contribution in [2.75, 3.05) is 0 Å². The first-order valence-electron chi connectivity index (χ1n) is 30.2. The molecule has 9 aromatic carbocycles. The van der Waals surface area contributed by atoms with Crippen LogP contribution >= 0.6 is 7.92 Å². The van der Waals surface area contributed by atoms with Gasteiger partial charge in [0.25, 0.3) is 0 Å². The lowest BCUT2D eigenvalue weighted by atomic mass is 10.0. The number of aryl methyl sites for hydroxylation is 12. The molecule has 85 heavy (non-hydrogen) atoms. The third-order valence-corrected chi connectivity index (χ3v) is 19.0. The van der Waals surface area contributed by atoms with Crippen molar-refractivity contribution >= 4 is 23.8 Å². The van der Waals surface area contributed by atoms with E-state index in [9.17, 15) is 0 Å². The van der Waals surface area contributed by atoms with Gasteiger partial charge in [0, 0.05) is 0 Å². The van der Waals surface area contributed by atoms with E-state index in [0.717, 1.165) is 151 Å². The Hall–Kier alpha value is -7.79. The lowest BCUT2D eigenvalue weighted by Gasteiger charge is -2.29. The van der Waals surface area contributed by atoms with Crippen molar-refractivity contribution < 1.29 is 28.4 Å². The first kappa shape index (κ1) is 61.8. The van der Waals surface area contributed by atoms with E-state index < -0.39 is 7.92 Å². The van der Waals surface area contributed by atoms with Crippen LogP contribution in [0.15, 0.2) is 164 Å². The average Bonchev–Trinajstić information content (AvgIpc) is 3.65. The number of hydrogen-bond acceptors (Lipinski definition) is 6. The molecule has 6 nitrogen and oxygen atoms in total. The van der Waals surface area contributed by atoms with Gasteiger partial charge in [-0.3, -0.25) is 0 Å². The maximum Gasteiger partial charge on any atom is 0.126 e. The van der Waals surface area contributed by atoms with E-state index in [4.69, 9.17) is 28.4 Å². The molecular formula is C78H87O6P. The van der Waals surface area contributed by atoms with Crippen LogP contribution in [0.1, 0.15) is 178 Å². The third kappa shape index (κ3) is 14.2. The maximum absolute atomic E-state index is 7.11. The molecule has 7 heteroatoms. The van der Waals surface area contributed by atoms with Gasteiger partial charge in [-0.2, -0.15) is 0 Å². The predicted octanol–water partition coefficient (Wildman–Crippen LogP) is 20.0. The van der Waals surface area contributed by atoms with Crippen molar-refractivity contribution in [2.24, 2.45) is 0 Å². The second-order valence-corrected chi connectivity index (χ2v) is 26.0. The zero-order chi connectivity index (χ0) is 61.0. The molecule has 0 fully saturated rings. The van der Waals surface area contributed by atoms with Gasteiger partial charge in [0.15, 0.2) is 0 Å². The molecule has 0 bridgehead atoms. The molecule has 0 heterocycles. The van der Waals surface area contributed by atoms with E-state index in [1.165, 1.54) is 0 Å². The fraction of sp³-hybridized carbons (Fsp3) is 0.308. The Bertz CT molecular complexity index is 3110. The monoisotopic (exact) mass is 1150 g/mol. The normalized spacial score (nSPS) is 13.6. The fourth-order valence-corrected chi connectivity index (χ4v) is 14.2. The van der Waals surface area contributed by atoms with Crippen LogP contribution in [0.2, 0.25) is 0 Å². The minimum Gasteiger partial charge on any atom is -0.485 e. The summed E-state index contributed by atoms with van der Waals surface area (Å²) in [5.41, 5.74) is 19.4. The highest BCUT2D eigenvalue weighted by Crippen LogP contribution is 2.43. The molecule has 0 spiro atoms. The minimum absolute atomic E-state index is 0.334. The van der Waals surface area contributed by atoms with E-state index in [1.807, 2.05) is 0 Å². The second-order valence-electron chi connectivity index (χ2n) is 23.8. The summed E-state index contributed by atoms with van der Waals surface area (Å²) in [5.74, 6) is 5.36. The topological polar surface area (TPSA) is 55.4 Å². The zero-order valence-corrected chi connectivity index (χ0v) is 54.3. The number of para-hydroxylation sites is 6. The van der Waals surface area contributed by atoms with Crippen LogP contribution in [-0.2, 0) is 0 Å². The molecule has 0 saturated carbocycles. The molecule has 0 N–H and O–H groups in total. The standard InChI is InChI=1S/C78H87O6P/c1-46-25-19-26-47(2)73(46)79-58(13)64-37-65(59(14)80-74-48(3)27-20-28-49(74)4)41-70(40-64)85(71-42-66(60(15)81-75-50(5)29-21-30-51(75)6)38-67(43-71)61(16)82-76-52(7)31-22-32-53(76)8)72-44-68(62(17)83-77-54(9)33-23-34-55(77)10)39-69(45-72)63(18)84-78-56(11)35-24-36-57(78)12/h19-45,58-63H,1-18H3/t58-,59-,60-,61-,62-,63-/m0/s1. The Morgan fingerprint density at radius 1 is 0.212 bits per heavy atom. The largest absolute Gasteiger partial charge is 0.485 e. The van der Waals surface area contributed by atoms with Crippen LogP contribution in [-0.4, -0.2) is 0 Å². The molecule has 0 amide bonds. The summed E-state index contributed by atoms with van der Waals surface area (Å²) in [6, 6.07) is 59.2. The molecule has 0 aromatic heterocycles. The van der Waals surface area contributed by atoms with Crippen molar-refractivity contribution in [3.8, 4) is 34.5 Å². The van der Waals surface area contributed by atoms with Gasteiger partial charge >= 0.3 is 0 Å². The molecule has 0 unspecified atom stereocenters. The van der Waals surface area contributed by atoms with Gasteiger partial charge in [-0.15, -0.1) is 0 Å². The molecular weight excluding hydrogens is 1060 g/mol. The van der Waals surface area contributed by atoms with Gasteiger partial charge in [0.2, 0.25) is 0 Å². The smallest absolute Gasteiger partial charge is 0.126 e. The number of ether oxygens (including phenoxy) is 6. The second kappa shape index (κ2) is 26.6. The molecule has 440 valence electrons. The molecule has 9 rings (SSSR count). The number of benzene rings is 9. The van der Waals surface area contributed by atoms with Crippen molar-refractivity contribution in [1.29, 1.82) is 0 Å². The van der Waals surface area contributed by atoms with Crippen molar-refractivity contribution in [3.63, 3.8) is 0 Å². The highest BCUT2D eigenvalue weighted by atomic mass is 31.1. The van der Waals surface area contributed by atoms with Crippen LogP contribution in [0.5, 0.6) is 34.5 Å². The van der Waals surface area contributed by atoms with Gasteiger partial charge < -0.3 is 28.4 Å². The Kier molecular flexibility index (Phi) is 19.4. The lowest BCUT2D eigenvalue weighted by Crippen LogP contribution is -2.26. The summed E-state index contributed by atoms with van der Waals surface area (Å²) in [6.45, 7) is 38.5. The van der Waals surface area contributed by atoms with Crippen LogP contribution < -0.4 is 44.3 Å². The van der Waals surface area contributed by atoms with Gasteiger partial charge in [-0.05, 0) is 303 Å². The molecule has 9 aromatic rings. The predicted molar refractivity (Wildman–Crippen MR) is 355 cm³/mol. The van der Waals surface area contributed by atoms with E-state index in [0.29, 0.717) is 0 Å². The first-order chi connectivity index (χ1) is 40.5. The summed E-state index contributed by atoms with van der Waals surface area (Å²) < 4.78 is 42.6.